The van der Waals surface area contributed by atoms with Crippen molar-refractivity contribution < 1.29 is 19.1 Å². The summed E-state index contributed by atoms with van der Waals surface area (Å²) in [6, 6.07) is 4.29. The fraction of sp³-hybridized carbons (Fsp3) is 0.545. The van der Waals surface area contributed by atoms with E-state index in [2.05, 4.69) is 39.1 Å². The lowest BCUT2D eigenvalue weighted by atomic mass is 9.84. The van der Waals surface area contributed by atoms with Crippen LogP contribution in [0.5, 0.6) is 0 Å². The van der Waals surface area contributed by atoms with Crippen molar-refractivity contribution in [3.63, 3.8) is 0 Å². The van der Waals surface area contributed by atoms with Crippen LogP contribution in [0.3, 0.4) is 0 Å². The first-order chi connectivity index (χ1) is 12.5. The normalized spacial score (nSPS) is 14.0. The van der Waals surface area contributed by atoms with Crippen molar-refractivity contribution >= 4 is 11.9 Å². The summed E-state index contributed by atoms with van der Waals surface area (Å²) in [4.78, 5) is 25.1. The SMILES string of the molecule is C=C.CCCCc1cc2c(cc1C)CC(C(=O)OCC)(C(=O)OCC)C2. The van der Waals surface area contributed by atoms with Gasteiger partial charge in [-0.1, -0.05) is 25.5 Å². The number of rotatable bonds is 7. The smallest absolute Gasteiger partial charge is 0.324 e. The van der Waals surface area contributed by atoms with Crippen molar-refractivity contribution in [2.75, 3.05) is 13.2 Å². The Bertz CT molecular complexity index is 615. The molecule has 0 fully saturated rings. The van der Waals surface area contributed by atoms with E-state index >= 15 is 0 Å². The minimum atomic E-state index is -1.22. The Morgan fingerprint density at radius 1 is 1.00 bits per heavy atom. The van der Waals surface area contributed by atoms with Gasteiger partial charge in [-0.05, 0) is 68.7 Å². The van der Waals surface area contributed by atoms with Gasteiger partial charge in [0.2, 0.25) is 0 Å². The Labute approximate surface area is 157 Å². The van der Waals surface area contributed by atoms with Crippen molar-refractivity contribution in [1.29, 1.82) is 0 Å². The van der Waals surface area contributed by atoms with Crippen LogP contribution in [0.2, 0.25) is 0 Å². The molecule has 0 unspecified atom stereocenters. The first-order valence-corrected chi connectivity index (χ1v) is 9.44. The number of ether oxygens (including phenoxy) is 2. The van der Waals surface area contributed by atoms with E-state index in [1.807, 2.05) is 0 Å². The zero-order valence-corrected chi connectivity index (χ0v) is 16.7. The van der Waals surface area contributed by atoms with Gasteiger partial charge < -0.3 is 9.47 Å². The molecular weight excluding hydrogens is 328 g/mol. The zero-order chi connectivity index (χ0) is 19.7. The van der Waals surface area contributed by atoms with Gasteiger partial charge in [0.15, 0.2) is 5.41 Å². The van der Waals surface area contributed by atoms with Crippen LogP contribution in [0, 0.1) is 12.3 Å². The van der Waals surface area contributed by atoms with Crippen LogP contribution in [0.1, 0.15) is 55.9 Å². The molecule has 0 N–H and O–H groups in total. The molecule has 0 aromatic heterocycles. The lowest BCUT2D eigenvalue weighted by Gasteiger charge is -2.23. The number of carbonyl (C=O) groups excluding carboxylic acids is 2. The average Bonchev–Trinajstić information content (AvgIpc) is 3.01. The summed E-state index contributed by atoms with van der Waals surface area (Å²) in [5, 5.41) is 0. The molecule has 0 amide bonds. The molecule has 144 valence electrons. The average molecular weight is 360 g/mol. The van der Waals surface area contributed by atoms with Gasteiger partial charge in [-0.3, -0.25) is 9.59 Å². The van der Waals surface area contributed by atoms with E-state index in [0.717, 1.165) is 30.4 Å². The highest BCUT2D eigenvalue weighted by Gasteiger charge is 2.53. The van der Waals surface area contributed by atoms with E-state index in [4.69, 9.17) is 9.47 Å². The highest BCUT2D eigenvalue weighted by molar-refractivity contribution is 6.01. The van der Waals surface area contributed by atoms with Gasteiger partial charge in [-0.15, -0.1) is 13.2 Å². The lowest BCUT2D eigenvalue weighted by Crippen LogP contribution is -2.43. The van der Waals surface area contributed by atoms with E-state index in [0.29, 0.717) is 12.8 Å². The van der Waals surface area contributed by atoms with Crippen LogP contribution in [-0.2, 0) is 38.3 Å². The number of fused-ring (bicyclic) bond motifs is 1. The molecule has 0 saturated heterocycles. The molecule has 1 aliphatic carbocycles. The summed E-state index contributed by atoms with van der Waals surface area (Å²) in [7, 11) is 0. The number of hydrogen-bond donors (Lipinski definition) is 0. The van der Waals surface area contributed by atoms with Crippen LogP contribution < -0.4 is 0 Å². The summed E-state index contributed by atoms with van der Waals surface area (Å²) in [6.07, 6.45) is 4.06. The maximum absolute atomic E-state index is 12.6. The van der Waals surface area contributed by atoms with Crippen LogP contribution in [-0.4, -0.2) is 25.2 Å². The first kappa shape index (κ1) is 21.9. The van der Waals surface area contributed by atoms with E-state index < -0.39 is 17.4 Å². The van der Waals surface area contributed by atoms with E-state index in [1.165, 1.54) is 11.1 Å². The Kier molecular flexibility index (Phi) is 8.56. The van der Waals surface area contributed by atoms with Gasteiger partial charge in [0.25, 0.3) is 0 Å². The second-order valence-electron chi connectivity index (χ2n) is 6.53. The standard InChI is InChI=1S/C20H28O4.C2H4/c1-5-8-9-15-11-17-13-20(18(21)23-6-2,19(22)24-7-3)12-16(17)10-14(15)4;1-2/h10-11H,5-9,12-13H2,1-4H3;1-2H2. The number of carbonyl (C=O) groups is 2. The minimum Gasteiger partial charge on any atom is -0.465 e. The van der Waals surface area contributed by atoms with Crippen molar-refractivity contribution in [3.05, 3.63) is 47.5 Å². The second-order valence-corrected chi connectivity index (χ2v) is 6.53. The van der Waals surface area contributed by atoms with Crippen LogP contribution >= 0.6 is 0 Å². The molecule has 1 aromatic rings. The Morgan fingerprint density at radius 3 is 1.96 bits per heavy atom. The molecular formula is C22H32O4. The molecule has 0 heterocycles. The molecule has 0 radical (unpaired) electrons. The Hall–Kier alpha value is -2.10. The van der Waals surface area contributed by atoms with Gasteiger partial charge in [0.05, 0.1) is 13.2 Å². The monoisotopic (exact) mass is 360 g/mol. The second kappa shape index (κ2) is 10.1. The largest absolute Gasteiger partial charge is 0.465 e. The number of hydrogen-bond acceptors (Lipinski definition) is 4. The Morgan fingerprint density at radius 2 is 1.50 bits per heavy atom. The molecule has 1 aliphatic rings. The quantitative estimate of drug-likeness (QED) is 0.412. The van der Waals surface area contributed by atoms with Crippen LogP contribution in [0.25, 0.3) is 0 Å². The number of benzene rings is 1. The highest BCUT2D eigenvalue weighted by Crippen LogP contribution is 2.40. The van der Waals surface area contributed by atoms with E-state index in [1.54, 1.807) is 13.8 Å². The molecule has 1 aromatic carbocycles. The molecule has 0 saturated carbocycles. The first-order valence-electron chi connectivity index (χ1n) is 9.44. The topological polar surface area (TPSA) is 52.6 Å². The molecule has 2 rings (SSSR count). The van der Waals surface area contributed by atoms with E-state index in [-0.39, 0.29) is 13.2 Å². The Balaban J connectivity index is 0.00000163. The fourth-order valence-corrected chi connectivity index (χ4v) is 3.45. The number of esters is 2. The lowest BCUT2D eigenvalue weighted by molar-refractivity contribution is -0.171. The van der Waals surface area contributed by atoms with Crippen molar-refractivity contribution in [1.82, 2.24) is 0 Å². The third-order valence-electron chi connectivity index (χ3n) is 4.77. The number of aryl methyl sites for hydroxylation is 2. The van der Waals surface area contributed by atoms with Gasteiger partial charge in [0, 0.05) is 0 Å². The molecule has 0 atom stereocenters. The summed E-state index contributed by atoms with van der Waals surface area (Å²) < 4.78 is 10.4. The van der Waals surface area contributed by atoms with Crippen molar-refractivity contribution in [2.24, 2.45) is 5.41 Å². The fourth-order valence-electron chi connectivity index (χ4n) is 3.45. The van der Waals surface area contributed by atoms with Gasteiger partial charge in [-0.25, -0.2) is 0 Å². The predicted molar refractivity (Wildman–Crippen MR) is 104 cm³/mol. The van der Waals surface area contributed by atoms with Gasteiger partial charge >= 0.3 is 11.9 Å². The minimum absolute atomic E-state index is 0.261. The molecule has 26 heavy (non-hydrogen) atoms. The molecule has 0 aliphatic heterocycles. The van der Waals surface area contributed by atoms with Gasteiger partial charge in [0.1, 0.15) is 0 Å². The molecule has 0 spiro atoms. The zero-order valence-electron chi connectivity index (χ0n) is 16.7. The van der Waals surface area contributed by atoms with Crippen molar-refractivity contribution in [2.45, 2.75) is 59.8 Å². The third-order valence-corrected chi connectivity index (χ3v) is 4.77. The van der Waals surface area contributed by atoms with Crippen LogP contribution in [0.4, 0.5) is 0 Å². The summed E-state index contributed by atoms with van der Waals surface area (Å²) >= 11 is 0. The highest BCUT2D eigenvalue weighted by atomic mass is 16.6. The summed E-state index contributed by atoms with van der Waals surface area (Å²) in [6.45, 7) is 14.3. The third kappa shape index (κ3) is 4.54. The number of unbranched alkanes of at least 4 members (excludes halogenated alkanes) is 1. The molecule has 4 heteroatoms. The predicted octanol–water partition coefficient (Wildman–Crippen LogP) is 4.35. The molecule has 4 nitrogen and oxygen atoms in total. The summed E-state index contributed by atoms with van der Waals surface area (Å²) in [5.41, 5.74) is 3.45. The van der Waals surface area contributed by atoms with Crippen molar-refractivity contribution in [3.8, 4) is 0 Å². The van der Waals surface area contributed by atoms with Gasteiger partial charge in [-0.2, -0.15) is 0 Å². The maximum Gasteiger partial charge on any atom is 0.324 e. The van der Waals surface area contributed by atoms with E-state index in [9.17, 15) is 9.59 Å². The molecule has 0 bridgehead atoms. The summed E-state index contributed by atoms with van der Waals surface area (Å²) in [5.74, 6) is -0.931. The van der Waals surface area contributed by atoms with Crippen LogP contribution in [0.15, 0.2) is 25.3 Å². The maximum atomic E-state index is 12.6.